The van der Waals surface area contributed by atoms with E-state index in [4.69, 9.17) is 11.6 Å². The number of nitrogens with zero attached hydrogens (tertiary/aromatic N) is 3. The molecule has 7 nitrogen and oxygen atoms in total. The Morgan fingerprint density at radius 3 is 2.36 bits per heavy atom. The van der Waals surface area contributed by atoms with Crippen LogP contribution >= 0.6 is 11.6 Å². The van der Waals surface area contributed by atoms with Gasteiger partial charge in [-0.05, 0) is 37.1 Å². The average molecular weight is 423 g/mol. The molecule has 9 heteroatoms. The third-order valence-electron chi connectivity index (χ3n) is 4.79. The van der Waals surface area contributed by atoms with Gasteiger partial charge in [-0.3, -0.25) is 4.79 Å². The first-order chi connectivity index (χ1) is 13.4. The van der Waals surface area contributed by atoms with Crippen molar-refractivity contribution in [1.82, 2.24) is 19.6 Å². The average Bonchev–Trinajstić information content (AvgIpc) is 2.69. The molecule has 3 rings (SSSR count). The molecule has 1 aliphatic carbocycles. The van der Waals surface area contributed by atoms with Crippen molar-refractivity contribution in [2.75, 3.05) is 7.05 Å². The van der Waals surface area contributed by atoms with E-state index in [1.54, 1.807) is 0 Å². The van der Waals surface area contributed by atoms with E-state index in [9.17, 15) is 13.2 Å². The lowest BCUT2D eigenvalue weighted by Gasteiger charge is -2.22. The molecule has 0 spiro atoms. The van der Waals surface area contributed by atoms with Gasteiger partial charge in [-0.15, -0.1) is 0 Å². The second-order valence-corrected chi connectivity index (χ2v) is 9.39. The van der Waals surface area contributed by atoms with Gasteiger partial charge in [0, 0.05) is 30.5 Å². The highest BCUT2D eigenvalue weighted by Crippen LogP contribution is 2.19. The maximum atomic E-state index is 12.6. The van der Waals surface area contributed by atoms with E-state index < -0.39 is 10.0 Å². The second kappa shape index (κ2) is 8.98. The molecule has 150 valence electrons. The van der Waals surface area contributed by atoms with E-state index in [1.807, 2.05) is 0 Å². The summed E-state index contributed by atoms with van der Waals surface area (Å²) in [5.41, 5.74) is 0.373. The van der Waals surface area contributed by atoms with Crippen LogP contribution in [-0.2, 0) is 16.6 Å². The Morgan fingerprint density at radius 1 is 1.14 bits per heavy atom. The van der Waals surface area contributed by atoms with Crippen molar-refractivity contribution in [3.63, 3.8) is 0 Å². The molecule has 0 atom stereocenters. The number of carbonyl (C=O) groups is 1. The molecule has 1 heterocycles. The number of rotatable bonds is 6. The summed E-state index contributed by atoms with van der Waals surface area (Å²) >= 11 is 5.81. The summed E-state index contributed by atoms with van der Waals surface area (Å²) < 4.78 is 26.4. The fraction of sp³-hybridized carbons (Fsp3) is 0.421. The van der Waals surface area contributed by atoms with Crippen LogP contribution in [0.1, 0.15) is 48.3 Å². The van der Waals surface area contributed by atoms with Gasteiger partial charge in [-0.2, -0.15) is 4.31 Å². The van der Waals surface area contributed by atoms with Crippen molar-refractivity contribution >= 4 is 27.5 Å². The van der Waals surface area contributed by atoms with Crippen LogP contribution in [0.4, 0.5) is 0 Å². The van der Waals surface area contributed by atoms with Crippen LogP contribution in [-0.4, -0.2) is 41.7 Å². The minimum atomic E-state index is -3.68. The lowest BCUT2D eigenvalue weighted by atomic mass is 9.95. The first kappa shape index (κ1) is 20.7. The molecule has 28 heavy (non-hydrogen) atoms. The molecule has 0 saturated heterocycles. The largest absolute Gasteiger partial charge is 0.349 e. The fourth-order valence-corrected chi connectivity index (χ4v) is 4.39. The molecule has 2 aromatic rings. The zero-order valence-electron chi connectivity index (χ0n) is 15.6. The molecular formula is C19H23ClN4O3S. The highest BCUT2D eigenvalue weighted by molar-refractivity contribution is 7.89. The Bertz CT molecular complexity index is 911. The molecule has 1 aromatic heterocycles. The van der Waals surface area contributed by atoms with Crippen LogP contribution in [0.5, 0.6) is 0 Å². The highest BCUT2D eigenvalue weighted by Gasteiger charge is 2.22. The minimum Gasteiger partial charge on any atom is -0.349 e. The number of nitrogens with one attached hydrogen (secondary N) is 1. The molecule has 0 aliphatic heterocycles. The molecule has 0 unspecified atom stereocenters. The first-order valence-corrected chi connectivity index (χ1v) is 11.0. The number of halogens is 1. The maximum absolute atomic E-state index is 12.6. The van der Waals surface area contributed by atoms with Crippen molar-refractivity contribution in [2.45, 2.75) is 49.6 Å². The number of amides is 1. The van der Waals surface area contributed by atoms with Gasteiger partial charge >= 0.3 is 0 Å². The predicted octanol–water partition coefficient (Wildman–Crippen LogP) is 3.01. The SMILES string of the molecule is CN(Cc1ncc(C(=O)NC2CCCCC2)cn1)S(=O)(=O)c1ccc(Cl)cc1. The van der Waals surface area contributed by atoms with Gasteiger partial charge in [-0.1, -0.05) is 30.9 Å². The van der Waals surface area contributed by atoms with Crippen LogP contribution in [0, 0.1) is 0 Å². The van der Waals surface area contributed by atoms with Crippen molar-refractivity contribution in [1.29, 1.82) is 0 Å². The number of benzene rings is 1. The van der Waals surface area contributed by atoms with Crippen LogP contribution < -0.4 is 5.32 Å². The maximum Gasteiger partial charge on any atom is 0.254 e. The zero-order valence-corrected chi connectivity index (χ0v) is 17.2. The summed E-state index contributed by atoms with van der Waals surface area (Å²) in [6.45, 7) is -0.00448. The highest BCUT2D eigenvalue weighted by atomic mass is 35.5. The number of sulfonamides is 1. The monoisotopic (exact) mass is 422 g/mol. The summed E-state index contributed by atoms with van der Waals surface area (Å²) in [4.78, 5) is 20.8. The predicted molar refractivity (Wildman–Crippen MR) is 106 cm³/mol. The molecule has 1 fully saturated rings. The van der Waals surface area contributed by atoms with Crippen LogP contribution in [0.15, 0.2) is 41.6 Å². The van der Waals surface area contributed by atoms with Gasteiger partial charge in [0.15, 0.2) is 0 Å². The standard InChI is InChI=1S/C19H23ClN4O3S/c1-24(28(26,27)17-9-7-15(20)8-10-17)13-18-21-11-14(12-22-18)19(25)23-16-5-3-2-4-6-16/h7-12,16H,2-6,13H2,1H3,(H,23,25). The molecular weight excluding hydrogens is 400 g/mol. The topological polar surface area (TPSA) is 92.3 Å². The smallest absolute Gasteiger partial charge is 0.254 e. The lowest BCUT2D eigenvalue weighted by Crippen LogP contribution is -2.36. The Labute approximate surface area is 170 Å². The van der Waals surface area contributed by atoms with E-state index in [0.29, 0.717) is 16.4 Å². The normalized spacial score (nSPS) is 15.5. The molecule has 0 radical (unpaired) electrons. The Morgan fingerprint density at radius 2 is 1.75 bits per heavy atom. The summed E-state index contributed by atoms with van der Waals surface area (Å²) in [6.07, 6.45) is 8.35. The number of carbonyl (C=O) groups excluding carboxylic acids is 1. The van der Waals surface area contributed by atoms with Crippen LogP contribution in [0.3, 0.4) is 0 Å². The van der Waals surface area contributed by atoms with Crippen LogP contribution in [0.25, 0.3) is 0 Å². The van der Waals surface area contributed by atoms with E-state index >= 15 is 0 Å². The molecule has 1 saturated carbocycles. The van der Waals surface area contributed by atoms with E-state index in [0.717, 1.165) is 30.0 Å². The molecule has 1 amide bonds. The van der Waals surface area contributed by atoms with E-state index in [1.165, 1.54) is 50.1 Å². The van der Waals surface area contributed by atoms with Gasteiger partial charge in [-0.25, -0.2) is 18.4 Å². The molecule has 1 aliphatic rings. The summed E-state index contributed by atoms with van der Waals surface area (Å²) in [7, 11) is -2.23. The Hall–Kier alpha value is -2.03. The van der Waals surface area contributed by atoms with Gasteiger partial charge in [0.25, 0.3) is 5.91 Å². The quantitative estimate of drug-likeness (QED) is 0.772. The third kappa shape index (κ3) is 5.06. The van der Waals surface area contributed by atoms with Gasteiger partial charge < -0.3 is 5.32 Å². The van der Waals surface area contributed by atoms with Crippen molar-refractivity contribution in [3.8, 4) is 0 Å². The van der Waals surface area contributed by atoms with Crippen molar-refractivity contribution < 1.29 is 13.2 Å². The molecule has 1 N–H and O–H groups in total. The number of hydrogen-bond donors (Lipinski definition) is 1. The van der Waals surface area contributed by atoms with E-state index in [-0.39, 0.29) is 23.4 Å². The first-order valence-electron chi connectivity index (χ1n) is 9.20. The third-order valence-corrected chi connectivity index (χ3v) is 6.86. The molecule has 1 aromatic carbocycles. The Balaban J connectivity index is 1.63. The van der Waals surface area contributed by atoms with Crippen molar-refractivity contribution in [2.24, 2.45) is 0 Å². The Kier molecular flexibility index (Phi) is 6.64. The zero-order chi connectivity index (χ0) is 20.1. The van der Waals surface area contributed by atoms with Gasteiger partial charge in [0.2, 0.25) is 10.0 Å². The van der Waals surface area contributed by atoms with Gasteiger partial charge in [0.05, 0.1) is 17.0 Å². The summed E-state index contributed by atoms with van der Waals surface area (Å²) in [6, 6.07) is 6.16. The molecule has 0 bridgehead atoms. The number of aromatic nitrogens is 2. The van der Waals surface area contributed by atoms with E-state index in [2.05, 4.69) is 15.3 Å². The lowest BCUT2D eigenvalue weighted by molar-refractivity contribution is 0.0927. The van der Waals surface area contributed by atoms with Gasteiger partial charge in [0.1, 0.15) is 5.82 Å². The minimum absolute atomic E-state index is 0.00448. The summed E-state index contributed by atoms with van der Waals surface area (Å²) in [5.74, 6) is 0.120. The fourth-order valence-electron chi connectivity index (χ4n) is 3.14. The van der Waals surface area contributed by atoms with Crippen LogP contribution in [0.2, 0.25) is 5.02 Å². The summed E-state index contributed by atoms with van der Waals surface area (Å²) in [5, 5.41) is 3.47. The second-order valence-electron chi connectivity index (χ2n) is 6.91. The number of hydrogen-bond acceptors (Lipinski definition) is 5. The van der Waals surface area contributed by atoms with Crippen molar-refractivity contribution in [3.05, 3.63) is 53.1 Å².